The zero-order valence-corrected chi connectivity index (χ0v) is 11.2. The second kappa shape index (κ2) is 7.01. The molecule has 1 rings (SSSR count). The van der Waals surface area contributed by atoms with Crippen molar-refractivity contribution in [1.82, 2.24) is 0 Å². The molecule has 1 atom stereocenters. The second-order valence-corrected chi connectivity index (χ2v) is 4.69. The third-order valence-corrected chi connectivity index (χ3v) is 2.57. The summed E-state index contributed by atoms with van der Waals surface area (Å²) >= 11 is 0. The van der Waals surface area contributed by atoms with Crippen LogP contribution in [0.5, 0.6) is 5.75 Å². The molecular weight excluding hydrogens is 230 g/mol. The van der Waals surface area contributed by atoms with Crippen molar-refractivity contribution < 1.29 is 14.3 Å². The quantitative estimate of drug-likeness (QED) is 0.787. The number of benzene rings is 1. The number of methoxy groups -OCH3 is 1. The van der Waals surface area contributed by atoms with E-state index in [0.717, 1.165) is 11.3 Å². The van der Waals surface area contributed by atoms with Gasteiger partial charge in [-0.2, -0.15) is 0 Å². The largest absolute Gasteiger partial charge is 0.497 e. The Labute approximate surface area is 108 Å². The van der Waals surface area contributed by atoms with Crippen molar-refractivity contribution in [3.05, 3.63) is 29.8 Å². The van der Waals surface area contributed by atoms with E-state index in [9.17, 15) is 4.79 Å². The summed E-state index contributed by atoms with van der Waals surface area (Å²) in [7, 11) is 1.61. The summed E-state index contributed by atoms with van der Waals surface area (Å²) < 4.78 is 10.2. The minimum Gasteiger partial charge on any atom is -0.497 e. The second-order valence-electron chi connectivity index (χ2n) is 4.69. The van der Waals surface area contributed by atoms with Gasteiger partial charge in [-0.05, 0) is 30.0 Å². The maximum atomic E-state index is 11.6. The van der Waals surface area contributed by atoms with E-state index in [1.807, 2.05) is 38.1 Å². The Morgan fingerprint density at radius 3 is 2.39 bits per heavy atom. The first-order valence-corrected chi connectivity index (χ1v) is 6.08. The fraction of sp³-hybridized carbons (Fsp3) is 0.500. The van der Waals surface area contributed by atoms with Gasteiger partial charge < -0.3 is 15.2 Å². The smallest absolute Gasteiger partial charge is 0.323 e. The molecule has 0 aliphatic heterocycles. The molecule has 1 unspecified atom stereocenters. The van der Waals surface area contributed by atoms with E-state index in [1.165, 1.54) is 0 Å². The first kappa shape index (κ1) is 14.5. The van der Waals surface area contributed by atoms with Crippen molar-refractivity contribution in [2.75, 3.05) is 7.11 Å². The van der Waals surface area contributed by atoms with Crippen LogP contribution in [-0.4, -0.2) is 19.1 Å². The van der Waals surface area contributed by atoms with Gasteiger partial charge in [-0.3, -0.25) is 4.79 Å². The third-order valence-electron chi connectivity index (χ3n) is 2.57. The Kier molecular flexibility index (Phi) is 5.65. The summed E-state index contributed by atoms with van der Waals surface area (Å²) in [5.41, 5.74) is 6.65. The van der Waals surface area contributed by atoms with Crippen LogP contribution in [0.1, 0.15) is 25.8 Å². The minimum atomic E-state index is -0.539. The highest BCUT2D eigenvalue weighted by Crippen LogP contribution is 2.12. The molecule has 0 aliphatic carbocycles. The Morgan fingerprint density at radius 2 is 1.89 bits per heavy atom. The number of esters is 1. The number of rotatable bonds is 6. The molecule has 1 aromatic rings. The van der Waals surface area contributed by atoms with E-state index in [2.05, 4.69) is 0 Å². The molecule has 4 heteroatoms. The van der Waals surface area contributed by atoms with Crippen LogP contribution in [-0.2, 0) is 16.1 Å². The van der Waals surface area contributed by atoms with Crippen LogP contribution in [0.25, 0.3) is 0 Å². The molecular formula is C14H21NO3. The molecule has 4 nitrogen and oxygen atoms in total. The summed E-state index contributed by atoms with van der Waals surface area (Å²) in [6.07, 6.45) is 0.640. The summed E-state index contributed by atoms with van der Waals surface area (Å²) in [6, 6.07) is 6.84. The van der Waals surface area contributed by atoms with Gasteiger partial charge in [0.25, 0.3) is 0 Å². The molecule has 0 aliphatic rings. The summed E-state index contributed by atoms with van der Waals surface area (Å²) in [5, 5.41) is 0. The van der Waals surface area contributed by atoms with Crippen LogP contribution < -0.4 is 10.5 Å². The fourth-order valence-corrected chi connectivity index (χ4v) is 1.59. The van der Waals surface area contributed by atoms with E-state index >= 15 is 0 Å². The number of ether oxygens (including phenoxy) is 2. The highest BCUT2D eigenvalue weighted by atomic mass is 16.5. The molecule has 0 radical (unpaired) electrons. The number of hydrogen-bond donors (Lipinski definition) is 1. The SMILES string of the molecule is COc1ccc(COC(=O)C(N)CC(C)C)cc1. The fourth-order valence-electron chi connectivity index (χ4n) is 1.59. The lowest BCUT2D eigenvalue weighted by molar-refractivity contribution is -0.146. The highest BCUT2D eigenvalue weighted by Gasteiger charge is 2.16. The summed E-state index contributed by atoms with van der Waals surface area (Å²) in [5.74, 6) is 0.814. The molecule has 0 fully saturated rings. The molecule has 0 heterocycles. The Morgan fingerprint density at radius 1 is 1.28 bits per heavy atom. The standard InChI is InChI=1S/C14H21NO3/c1-10(2)8-13(15)14(16)18-9-11-4-6-12(17-3)7-5-11/h4-7,10,13H,8-9,15H2,1-3H3. The molecule has 1 aromatic carbocycles. The van der Waals surface area contributed by atoms with Crippen molar-refractivity contribution in [1.29, 1.82) is 0 Å². The van der Waals surface area contributed by atoms with Gasteiger partial charge in [0.2, 0.25) is 0 Å². The number of hydrogen-bond acceptors (Lipinski definition) is 4. The molecule has 2 N–H and O–H groups in total. The Hall–Kier alpha value is -1.55. The maximum Gasteiger partial charge on any atom is 0.323 e. The lowest BCUT2D eigenvalue weighted by Gasteiger charge is -2.13. The molecule has 0 aromatic heterocycles. The van der Waals surface area contributed by atoms with Gasteiger partial charge in [-0.1, -0.05) is 26.0 Å². The number of carbonyl (C=O) groups is 1. The van der Waals surface area contributed by atoms with Crippen molar-refractivity contribution in [2.45, 2.75) is 32.9 Å². The van der Waals surface area contributed by atoms with Crippen LogP contribution in [0.15, 0.2) is 24.3 Å². The predicted octanol–water partition coefficient (Wildman–Crippen LogP) is 2.11. The molecule has 0 spiro atoms. The molecule has 0 bridgehead atoms. The topological polar surface area (TPSA) is 61.5 Å². The van der Waals surface area contributed by atoms with Gasteiger partial charge in [0, 0.05) is 0 Å². The van der Waals surface area contributed by atoms with Crippen molar-refractivity contribution in [2.24, 2.45) is 11.7 Å². The van der Waals surface area contributed by atoms with Crippen molar-refractivity contribution in [3.8, 4) is 5.75 Å². The monoisotopic (exact) mass is 251 g/mol. The maximum absolute atomic E-state index is 11.6. The molecule has 0 saturated carbocycles. The summed E-state index contributed by atoms with van der Waals surface area (Å²) in [6.45, 7) is 4.29. The molecule has 0 saturated heterocycles. The zero-order chi connectivity index (χ0) is 13.5. The molecule has 0 amide bonds. The van der Waals surface area contributed by atoms with E-state index in [-0.39, 0.29) is 12.6 Å². The van der Waals surface area contributed by atoms with Gasteiger partial charge in [0.1, 0.15) is 18.4 Å². The van der Waals surface area contributed by atoms with Crippen molar-refractivity contribution in [3.63, 3.8) is 0 Å². The third kappa shape index (κ3) is 4.75. The molecule has 100 valence electrons. The van der Waals surface area contributed by atoms with E-state index in [1.54, 1.807) is 7.11 Å². The van der Waals surface area contributed by atoms with E-state index in [4.69, 9.17) is 15.2 Å². The Balaban J connectivity index is 2.41. The zero-order valence-electron chi connectivity index (χ0n) is 11.2. The first-order chi connectivity index (χ1) is 8.52. The van der Waals surface area contributed by atoms with E-state index in [0.29, 0.717) is 12.3 Å². The number of nitrogens with two attached hydrogens (primary N) is 1. The van der Waals surface area contributed by atoms with Crippen molar-refractivity contribution >= 4 is 5.97 Å². The minimum absolute atomic E-state index is 0.245. The van der Waals surface area contributed by atoms with Gasteiger partial charge in [0.15, 0.2) is 0 Å². The van der Waals surface area contributed by atoms with Gasteiger partial charge >= 0.3 is 5.97 Å². The lowest BCUT2D eigenvalue weighted by Crippen LogP contribution is -2.33. The van der Waals surface area contributed by atoms with Gasteiger partial charge in [-0.25, -0.2) is 0 Å². The first-order valence-electron chi connectivity index (χ1n) is 6.08. The highest BCUT2D eigenvalue weighted by molar-refractivity contribution is 5.75. The average Bonchev–Trinajstić information content (AvgIpc) is 2.35. The van der Waals surface area contributed by atoms with Gasteiger partial charge in [-0.15, -0.1) is 0 Å². The predicted molar refractivity (Wildman–Crippen MR) is 70.2 cm³/mol. The lowest BCUT2D eigenvalue weighted by atomic mass is 10.1. The number of carbonyl (C=O) groups excluding carboxylic acids is 1. The normalized spacial score (nSPS) is 12.3. The molecule has 18 heavy (non-hydrogen) atoms. The van der Waals surface area contributed by atoms with Crippen LogP contribution in [0, 0.1) is 5.92 Å². The van der Waals surface area contributed by atoms with Crippen LogP contribution in [0.4, 0.5) is 0 Å². The van der Waals surface area contributed by atoms with Gasteiger partial charge in [0.05, 0.1) is 7.11 Å². The van der Waals surface area contributed by atoms with E-state index < -0.39 is 6.04 Å². The average molecular weight is 251 g/mol. The van der Waals surface area contributed by atoms with Crippen LogP contribution >= 0.6 is 0 Å². The summed E-state index contributed by atoms with van der Waals surface area (Å²) in [4.78, 5) is 11.6. The van der Waals surface area contributed by atoms with Crippen LogP contribution in [0.3, 0.4) is 0 Å². The van der Waals surface area contributed by atoms with Crippen LogP contribution in [0.2, 0.25) is 0 Å². The Bertz CT molecular complexity index is 373.